The van der Waals surface area contributed by atoms with E-state index >= 15 is 0 Å². The van der Waals surface area contributed by atoms with E-state index in [9.17, 15) is 19.7 Å². The average Bonchev–Trinajstić information content (AvgIpc) is 2.67. The molecule has 2 aromatic carbocycles. The predicted octanol–water partition coefficient (Wildman–Crippen LogP) is 0.685. The molecule has 146 valence electrons. The van der Waals surface area contributed by atoms with Gasteiger partial charge in [0.2, 0.25) is 0 Å². The van der Waals surface area contributed by atoms with Crippen LogP contribution in [-0.4, -0.2) is 48.0 Å². The molecule has 5 N–H and O–H groups in total. The van der Waals surface area contributed by atoms with Crippen LogP contribution in [0, 0.1) is 0 Å². The monoisotopic (exact) mass is 384 g/mol. The van der Waals surface area contributed by atoms with Crippen molar-refractivity contribution in [3.63, 3.8) is 0 Å². The smallest absolute Gasteiger partial charge is 0.534 e. The SMILES string of the molecule is CC(=O)c1cccc2c1OB(O)[C@@H](NC(=O)c1ccc(OCCN)c(O)c1)C2. The van der Waals surface area contributed by atoms with Crippen LogP contribution in [0.15, 0.2) is 36.4 Å². The fourth-order valence-corrected chi connectivity index (χ4v) is 3.03. The highest BCUT2D eigenvalue weighted by atomic mass is 16.5. The van der Waals surface area contributed by atoms with Crippen LogP contribution in [0.1, 0.15) is 33.2 Å². The Hall–Kier alpha value is -3.04. The standard InChI is InChI=1S/C19H21BN2O6/c1-11(23)14-4-2-3-12-10-17(20(26)28-18(12)14)22-19(25)13-5-6-16(15(24)9-13)27-8-7-21/h2-6,9,17,24,26H,7-8,10,21H2,1H3,(H,22,25)/t17-/m0/s1. The fraction of sp³-hybridized carbons (Fsp3) is 0.263. The van der Waals surface area contributed by atoms with Crippen molar-refractivity contribution < 1.29 is 29.1 Å². The Bertz CT molecular complexity index is 904. The van der Waals surface area contributed by atoms with Crippen molar-refractivity contribution in [2.24, 2.45) is 5.73 Å². The molecular weight excluding hydrogens is 363 g/mol. The molecule has 0 saturated carbocycles. The summed E-state index contributed by atoms with van der Waals surface area (Å²) in [5.41, 5.74) is 6.67. The minimum atomic E-state index is -1.31. The van der Waals surface area contributed by atoms with Crippen LogP contribution in [-0.2, 0) is 6.42 Å². The van der Waals surface area contributed by atoms with E-state index in [2.05, 4.69) is 5.32 Å². The van der Waals surface area contributed by atoms with Crippen molar-refractivity contribution in [3.8, 4) is 17.2 Å². The number of benzene rings is 2. The molecule has 0 unspecified atom stereocenters. The number of ether oxygens (including phenoxy) is 1. The number of nitrogens with two attached hydrogens (primary N) is 1. The van der Waals surface area contributed by atoms with Gasteiger partial charge < -0.3 is 30.6 Å². The summed E-state index contributed by atoms with van der Waals surface area (Å²) >= 11 is 0. The maximum atomic E-state index is 12.5. The van der Waals surface area contributed by atoms with Gasteiger partial charge in [-0.05, 0) is 43.2 Å². The Morgan fingerprint density at radius 3 is 2.82 bits per heavy atom. The van der Waals surface area contributed by atoms with Crippen LogP contribution < -0.4 is 20.4 Å². The summed E-state index contributed by atoms with van der Waals surface area (Å²) in [6, 6.07) is 9.39. The molecule has 0 aromatic heterocycles. The number of para-hydroxylation sites is 1. The number of amides is 1. The third-order valence-corrected chi connectivity index (χ3v) is 4.41. The first-order valence-corrected chi connectivity index (χ1v) is 8.85. The number of fused-ring (bicyclic) bond motifs is 1. The Morgan fingerprint density at radius 2 is 2.14 bits per heavy atom. The number of hydrogen-bond donors (Lipinski definition) is 4. The van der Waals surface area contributed by atoms with Gasteiger partial charge in [-0.2, -0.15) is 0 Å². The van der Waals surface area contributed by atoms with E-state index in [1.54, 1.807) is 18.2 Å². The molecule has 1 aliphatic rings. The molecule has 28 heavy (non-hydrogen) atoms. The molecule has 0 aliphatic carbocycles. The van der Waals surface area contributed by atoms with E-state index in [0.29, 0.717) is 24.3 Å². The van der Waals surface area contributed by atoms with Crippen molar-refractivity contribution in [2.45, 2.75) is 19.3 Å². The summed E-state index contributed by atoms with van der Waals surface area (Å²) in [6.07, 6.45) is 0.299. The van der Waals surface area contributed by atoms with Gasteiger partial charge in [-0.25, -0.2) is 0 Å². The highest BCUT2D eigenvalue weighted by Gasteiger charge is 2.37. The summed E-state index contributed by atoms with van der Waals surface area (Å²) in [5, 5.41) is 23.0. The van der Waals surface area contributed by atoms with Gasteiger partial charge in [-0.1, -0.05) is 12.1 Å². The van der Waals surface area contributed by atoms with E-state index in [0.717, 1.165) is 5.56 Å². The lowest BCUT2D eigenvalue weighted by Crippen LogP contribution is -2.53. The Morgan fingerprint density at radius 1 is 1.36 bits per heavy atom. The summed E-state index contributed by atoms with van der Waals surface area (Å²) in [7, 11) is -1.31. The molecular formula is C19H21BN2O6. The van der Waals surface area contributed by atoms with Crippen LogP contribution in [0.3, 0.4) is 0 Å². The Kier molecular flexibility index (Phi) is 5.86. The number of hydrogen-bond acceptors (Lipinski definition) is 7. The first-order valence-electron chi connectivity index (χ1n) is 8.85. The largest absolute Gasteiger partial charge is 0.547 e. The highest BCUT2D eigenvalue weighted by molar-refractivity contribution is 6.47. The van der Waals surface area contributed by atoms with Crippen molar-refractivity contribution in [1.29, 1.82) is 0 Å². The predicted molar refractivity (Wildman–Crippen MR) is 103 cm³/mol. The van der Waals surface area contributed by atoms with Gasteiger partial charge in [-0.15, -0.1) is 0 Å². The summed E-state index contributed by atoms with van der Waals surface area (Å²) < 4.78 is 10.8. The lowest BCUT2D eigenvalue weighted by molar-refractivity contribution is 0.0938. The zero-order valence-corrected chi connectivity index (χ0v) is 15.3. The van der Waals surface area contributed by atoms with Gasteiger partial charge in [0.25, 0.3) is 5.91 Å². The van der Waals surface area contributed by atoms with Gasteiger partial charge in [-0.3, -0.25) is 9.59 Å². The van der Waals surface area contributed by atoms with E-state index in [1.807, 2.05) is 0 Å². The Labute approximate surface area is 162 Å². The quantitative estimate of drug-likeness (QED) is 0.426. The molecule has 0 spiro atoms. The molecule has 1 amide bonds. The maximum Gasteiger partial charge on any atom is 0.547 e. The van der Waals surface area contributed by atoms with Crippen molar-refractivity contribution in [2.75, 3.05) is 13.2 Å². The molecule has 0 saturated heterocycles. The van der Waals surface area contributed by atoms with Crippen LogP contribution in [0.25, 0.3) is 0 Å². The molecule has 1 heterocycles. The van der Waals surface area contributed by atoms with Gasteiger partial charge in [0.1, 0.15) is 12.4 Å². The molecule has 9 heteroatoms. The number of rotatable bonds is 6. The van der Waals surface area contributed by atoms with Crippen LogP contribution in [0.2, 0.25) is 0 Å². The van der Waals surface area contributed by atoms with Gasteiger partial charge in [0, 0.05) is 12.1 Å². The zero-order chi connectivity index (χ0) is 20.3. The highest BCUT2D eigenvalue weighted by Crippen LogP contribution is 2.31. The van der Waals surface area contributed by atoms with Gasteiger partial charge in [0.05, 0.1) is 11.5 Å². The third-order valence-electron chi connectivity index (χ3n) is 4.41. The lowest BCUT2D eigenvalue weighted by Gasteiger charge is -2.29. The molecule has 1 atom stereocenters. The second-order valence-electron chi connectivity index (χ2n) is 6.46. The summed E-state index contributed by atoms with van der Waals surface area (Å²) in [6.45, 7) is 1.97. The molecule has 0 fully saturated rings. The normalized spacial score (nSPS) is 15.4. The number of carbonyl (C=O) groups is 2. The molecule has 0 bridgehead atoms. The number of aromatic hydroxyl groups is 1. The van der Waals surface area contributed by atoms with Crippen molar-refractivity contribution in [3.05, 3.63) is 53.1 Å². The average molecular weight is 384 g/mol. The number of nitrogens with one attached hydrogen (secondary N) is 1. The lowest BCUT2D eigenvalue weighted by atomic mass is 9.72. The number of phenols is 1. The topological polar surface area (TPSA) is 131 Å². The second-order valence-corrected chi connectivity index (χ2v) is 6.46. The minimum absolute atomic E-state index is 0.168. The first-order chi connectivity index (χ1) is 13.4. The van der Waals surface area contributed by atoms with E-state index < -0.39 is 19.0 Å². The maximum absolute atomic E-state index is 12.5. The second kappa shape index (κ2) is 8.32. The molecule has 8 nitrogen and oxygen atoms in total. The minimum Gasteiger partial charge on any atom is -0.534 e. The zero-order valence-electron chi connectivity index (χ0n) is 15.3. The van der Waals surface area contributed by atoms with E-state index in [4.69, 9.17) is 15.1 Å². The van der Waals surface area contributed by atoms with Crippen LogP contribution in [0.4, 0.5) is 0 Å². The number of Topliss-reactive ketones (excluding diaryl/α,β-unsaturated/α-hetero) is 1. The first kappa shape index (κ1) is 19.7. The molecule has 3 rings (SSSR count). The number of ketones is 1. The fourth-order valence-electron chi connectivity index (χ4n) is 3.03. The number of carbonyl (C=O) groups excluding carboxylic acids is 2. The summed E-state index contributed by atoms with van der Waals surface area (Å²) in [4.78, 5) is 24.2. The molecule has 2 aromatic rings. The van der Waals surface area contributed by atoms with E-state index in [1.165, 1.54) is 25.1 Å². The molecule has 1 aliphatic heterocycles. The van der Waals surface area contributed by atoms with Gasteiger partial charge >= 0.3 is 7.12 Å². The summed E-state index contributed by atoms with van der Waals surface area (Å²) in [5.74, 6) is -0.977. The van der Waals surface area contributed by atoms with Crippen molar-refractivity contribution >= 4 is 18.8 Å². The van der Waals surface area contributed by atoms with Gasteiger partial charge in [0.15, 0.2) is 17.3 Å². The number of phenolic OH excluding ortho intramolecular Hbond substituents is 1. The van der Waals surface area contributed by atoms with Crippen molar-refractivity contribution in [1.82, 2.24) is 5.32 Å². The van der Waals surface area contributed by atoms with Crippen LogP contribution >= 0.6 is 0 Å². The van der Waals surface area contributed by atoms with E-state index in [-0.39, 0.29) is 29.5 Å². The molecule has 0 radical (unpaired) electrons. The Balaban J connectivity index is 1.73. The third kappa shape index (κ3) is 4.10. The van der Waals surface area contributed by atoms with Crippen LogP contribution in [0.5, 0.6) is 17.2 Å².